The van der Waals surface area contributed by atoms with E-state index in [4.69, 9.17) is 4.74 Å². The Kier molecular flexibility index (Phi) is 5.82. The molecule has 0 unspecified atom stereocenters. The van der Waals surface area contributed by atoms with E-state index in [-0.39, 0.29) is 6.10 Å². The number of hydrogen-bond donors (Lipinski definition) is 1. The molecule has 2 nitrogen and oxygen atoms in total. The van der Waals surface area contributed by atoms with Crippen LogP contribution in [0.5, 0.6) is 0 Å². The van der Waals surface area contributed by atoms with Crippen molar-refractivity contribution in [3.8, 4) is 0 Å². The van der Waals surface area contributed by atoms with E-state index in [0.717, 1.165) is 38.7 Å². The van der Waals surface area contributed by atoms with Gasteiger partial charge in [0.1, 0.15) is 0 Å². The Morgan fingerprint density at radius 2 is 1.95 bits per heavy atom. The Morgan fingerprint density at radius 1 is 1.18 bits per heavy atom. The fraction of sp³-hybridized carbons (Fsp3) is 0.600. The topological polar surface area (TPSA) is 29.5 Å². The van der Waals surface area contributed by atoms with Crippen molar-refractivity contribution >= 4 is 0 Å². The van der Waals surface area contributed by atoms with Crippen LogP contribution in [0.15, 0.2) is 46.6 Å². The first-order valence-corrected chi connectivity index (χ1v) is 8.40. The number of rotatable bonds is 0. The molecule has 0 aromatic heterocycles. The second-order valence-corrected chi connectivity index (χ2v) is 7.10. The van der Waals surface area contributed by atoms with Gasteiger partial charge in [0.15, 0.2) is 0 Å². The van der Waals surface area contributed by atoms with E-state index in [1.54, 1.807) is 0 Å². The molecule has 2 heteroatoms. The van der Waals surface area contributed by atoms with Crippen LogP contribution in [0.4, 0.5) is 0 Å². The molecule has 1 N–H and O–H groups in total. The molecule has 0 radical (unpaired) electrons. The third-order valence-corrected chi connectivity index (χ3v) is 4.66. The fourth-order valence-electron chi connectivity index (χ4n) is 3.11. The van der Waals surface area contributed by atoms with Gasteiger partial charge in [-0.15, -0.1) is 0 Å². The maximum absolute atomic E-state index is 10.4. The maximum atomic E-state index is 10.4. The highest BCUT2D eigenvalue weighted by Crippen LogP contribution is 2.29. The van der Waals surface area contributed by atoms with E-state index in [2.05, 4.69) is 39.0 Å². The van der Waals surface area contributed by atoms with E-state index in [1.165, 1.54) is 22.3 Å². The van der Waals surface area contributed by atoms with Crippen LogP contribution in [0.1, 0.15) is 59.8 Å². The SMILES string of the molecule is CC1=C2CC/C(C)=C/CC[C@](C)(O)/C=C/C/C(C)=C/[C@@H]2OC1. The predicted octanol–water partition coefficient (Wildman–Crippen LogP) is 4.87. The van der Waals surface area contributed by atoms with Crippen LogP contribution >= 0.6 is 0 Å². The molecule has 0 spiro atoms. The van der Waals surface area contributed by atoms with Crippen molar-refractivity contribution in [2.24, 2.45) is 0 Å². The highest BCUT2D eigenvalue weighted by atomic mass is 16.5. The summed E-state index contributed by atoms with van der Waals surface area (Å²) in [5.41, 5.74) is 4.84. The number of allylic oxidation sites excluding steroid dienone is 4. The van der Waals surface area contributed by atoms with Gasteiger partial charge < -0.3 is 9.84 Å². The monoisotopic (exact) mass is 302 g/mol. The van der Waals surface area contributed by atoms with Crippen LogP contribution in [0.3, 0.4) is 0 Å². The zero-order chi connectivity index (χ0) is 16.2. The van der Waals surface area contributed by atoms with Crippen molar-refractivity contribution in [2.75, 3.05) is 6.61 Å². The molecule has 0 saturated heterocycles. The Bertz CT molecular complexity index is 518. The van der Waals surface area contributed by atoms with E-state index in [0.29, 0.717) is 0 Å². The summed E-state index contributed by atoms with van der Waals surface area (Å²) >= 11 is 0. The minimum absolute atomic E-state index is 0.143. The Labute approximate surface area is 135 Å². The summed E-state index contributed by atoms with van der Waals surface area (Å²) in [4.78, 5) is 0. The van der Waals surface area contributed by atoms with Crippen molar-refractivity contribution in [3.63, 3.8) is 0 Å². The van der Waals surface area contributed by atoms with Crippen molar-refractivity contribution in [3.05, 3.63) is 46.6 Å². The van der Waals surface area contributed by atoms with Crippen LogP contribution in [0, 0.1) is 0 Å². The highest BCUT2D eigenvalue weighted by molar-refractivity contribution is 5.29. The smallest absolute Gasteiger partial charge is 0.0977 e. The van der Waals surface area contributed by atoms with Gasteiger partial charge in [0, 0.05) is 0 Å². The van der Waals surface area contributed by atoms with E-state index in [9.17, 15) is 5.11 Å². The Hall–Kier alpha value is -1.12. The largest absolute Gasteiger partial charge is 0.386 e. The third kappa shape index (κ3) is 4.96. The lowest BCUT2D eigenvalue weighted by Gasteiger charge is -2.19. The molecule has 2 rings (SSSR count). The summed E-state index contributed by atoms with van der Waals surface area (Å²) < 4.78 is 5.93. The van der Waals surface area contributed by atoms with Crippen LogP contribution in [0.25, 0.3) is 0 Å². The highest BCUT2D eigenvalue weighted by Gasteiger charge is 2.22. The first-order chi connectivity index (χ1) is 10.4. The third-order valence-electron chi connectivity index (χ3n) is 4.66. The summed E-state index contributed by atoms with van der Waals surface area (Å²) in [6, 6.07) is 0. The standard InChI is InChI=1S/C20H30O2/c1-15-7-5-11-20(4,21)12-6-8-16(2)13-19-18(10-9-15)17(3)14-22-19/h6-7,12-13,19,21H,5,8-11,14H2,1-4H3/b12-6+,15-7+,16-13+/t19-,20-/m0/s1. The average molecular weight is 302 g/mol. The summed E-state index contributed by atoms with van der Waals surface area (Å²) in [7, 11) is 0. The summed E-state index contributed by atoms with van der Waals surface area (Å²) in [6.45, 7) is 9.18. The molecule has 0 aromatic rings. The van der Waals surface area contributed by atoms with E-state index >= 15 is 0 Å². The van der Waals surface area contributed by atoms with Crippen LogP contribution in [-0.4, -0.2) is 23.4 Å². The molecule has 1 aliphatic heterocycles. The molecular formula is C20H30O2. The van der Waals surface area contributed by atoms with E-state index in [1.807, 2.05) is 13.0 Å². The van der Waals surface area contributed by atoms with Crippen molar-refractivity contribution in [1.29, 1.82) is 0 Å². The Balaban J connectivity index is 2.22. The first kappa shape index (κ1) is 17.2. The minimum atomic E-state index is -0.716. The van der Waals surface area contributed by atoms with Gasteiger partial charge in [0.25, 0.3) is 0 Å². The molecule has 0 aromatic carbocycles. The predicted molar refractivity (Wildman–Crippen MR) is 92.8 cm³/mol. The van der Waals surface area contributed by atoms with E-state index < -0.39 is 5.60 Å². The Morgan fingerprint density at radius 3 is 2.73 bits per heavy atom. The van der Waals surface area contributed by atoms with Crippen LogP contribution in [0.2, 0.25) is 0 Å². The fourth-order valence-corrected chi connectivity index (χ4v) is 3.11. The zero-order valence-corrected chi connectivity index (χ0v) is 14.5. The molecule has 0 amide bonds. The molecule has 1 heterocycles. The van der Waals surface area contributed by atoms with Crippen molar-refractivity contribution < 1.29 is 9.84 Å². The lowest BCUT2D eigenvalue weighted by atomic mass is 9.94. The second-order valence-electron chi connectivity index (χ2n) is 7.10. The first-order valence-electron chi connectivity index (χ1n) is 8.40. The molecule has 2 atom stereocenters. The van der Waals surface area contributed by atoms with Crippen LogP contribution in [-0.2, 0) is 4.74 Å². The lowest BCUT2D eigenvalue weighted by Crippen LogP contribution is -2.20. The van der Waals surface area contributed by atoms with Gasteiger partial charge in [0.2, 0.25) is 0 Å². The van der Waals surface area contributed by atoms with Crippen molar-refractivity contribution in [2.45, 2.75) is 71.5 Å². The van der Waals surface area contributed by atoms with Gasteiger partial charge in [-0.25, -0.2) is 0 Å². The minimum Gasteiger partial charge on any atom is -0.386 e. The number of aliphatic hydroxyl groups is 1. The van der Waals surface area contributed by atoms with Crippen molar-refractivity contribution in [1.82, 2.24) is 0 Å². The molecular weight excluding hydrogens is 272 g/mol. The normalized spacial score (nSPS) is 37.6. The van der Waals surface area contributed by atoms with Crippen LogP contribution < -0.4 is 0 Å². The quantitative estimate of drug-likeness (QED) is 0.647. The summed E-state index contributed by atoms with van der Waals surface area (Å²) in [5, 5.41) is 10.4. The lowest BCUT2D eigenvalue weighted by molar-refractivity contribution is 0.103. The second kappa shape index (κ2) is 7.43. The van der Waals surface area contributed by atoms with Gasteiger partial charge >= 0.3 is 0 Å². The molecule has 22 heavy (non-hydrogen) atoms. The molecule has 122 valence electrons. The van der Waals surface area contributed by atoms with Gasteiger partial charge in [-0.3, -0.25) is 0 Å². The summed E-state index contributed by atoms with van der Waals surface area (Å²) in [5.74, 6) is 0. The number of hydrogen-bond acceptors (Lipinski definition) is 2. The molecule has 0 bridgehead atoms. The summed E-state index contributed by atoms with van der Waals surface area (Å²) in [6.07, 6.45) is 13.4. The van der Waals surface area contributed by atoms with Gasteiger partial charge in [0.05, 0.1) is 18.3 Å². The molecule has 1 aliphatic carbocycles. The number of fused-ring (bicyclic) bond motifs is 1. The zero-order valence-electron chi connectivity index (χ0n) is 14.5. The van der Waals surface area contributed by atoms with Gasteiger partial charge in [-0.05, 0) is 70.9 Å². The van der Waals surface area contributed by atoms with Gasteiger partial charge in [-0.1, -0.05) is 35.5 Å². The molecule has 0 saturated carbocycles. The molecule has 0 fully saturated rings. The molecule has 2 aliphatic rings. The number of ether oxygens (including phenoxy) is 1. The maximum Gasteiger partial charge on any atom is 0.0977 e. The average Bonchev–Trinajstić information content (AvgIpc) is 2.76. The van der Waals surface area contributed by atoms with Gasteiger partial charge in [-0.2, -0.15) is 0 Å².